The van der Waals surface area contributed by atoms with E-state index in [1.807, 2.05) is 24.4 Å². The molecule has 0 fully saturated rings. The number of rotatable bonds is 4. The maximum absolute atomic E-state index is 6.33. The molecule has 2 N–H and O–H groups in total. The summed E-state index contributed by atoms with van der Waals surface area (Å²) in [6.07, 6.45) is 4.17. The smallest absolute Gasteiger partial charge is 0.0651 e. The molecule has 2 unspecified atom stereocenters. The molecule has 17 heavy (non-hydrogen) atoms. The van der Waals surface area contributed by atoms with E-state index in [0.29, 0.717) is 5.92 Å². The number of nitrogens with zero attached hydrogens (tertiary/aromatic N) is 1. The molecule has 0 saturated heterocycles. The van der Waals surface area contributed by atoms with Gasteiger partial charge >= 0.3 is 0 Å². The van der Waals surface area contributed by atoms with Crippen LogP contribution in [-0.4, -0.2) is 4.98 Å². The Balaban J connectivity index is 2.41. The highest BCUT2D eigenvalue weighted by Gasteiger charge is 2.17. The Kier molecular flexibility index (Phi) is 3.75. The Hall–Kier alpha value is -1.41. The van der Waals surface area contributed by atoms with Crippen molar-refractivity contribution in [3.8, 4) is 0 Å². The fourth-order valence-electron chi connectivity index (χ4n) is 2.31. The maximum atomic E-state index is 6.33. The van der Waals surface area contributed by atoms with Crippen LogP contribution in [0.25, 0.3) is 10.8 Å². The first kappa shape index (κ1) is 12.1. The van der Waals surface area contributed by atoms with Crippen LogP contribution in [0.15, 0.2) is 36.5 Å². The van der Waals surface area contributed by atoms with E-state index in [1.165, 1.54) is 17.2 Å². The van der Waals surface area contributed by atoms with E-state index >= 15 is 0 Å². The van der Waals surface area contributed by atoms with E-state index in [2.05, 4.69) is 31.0 Å². The summed E-state index contributed by atoms with van der Waals surface area (Å²) in [5.41, 5.74) is 7.36. The lowest BCUT2D eigenvalue weighted by Crippen LogP contribution is -2.20. The Morgan fingerprint density at radius 2 is 2.00 bits per heavy atom. The van der Waals surface area contributed by atoms with E-state index in [0.717, 1.165) is 12.1 Å². The quantitative estimate of drug-likeness (QED) is 0.867. The summed E-state index contributed by atoms with van der Waals surface area (Å²) < 4.78 is 0. The van der Waals surface area contributed by atoms with Crippen molar-refractivity contribution in [2.75, 3.05) is 0 Å². The third-order valence-electron chi connectivity index (χ3n) is 3.38. The molecule has 0 aliphatic rings. The molecule has 0 aliphatic carbocycles. The molecule has 0 spiro atoms. The highest BCUT2D eigenvalue weighted by molar-refractivity contribution is 5.84. The third-order valence-corrected chi connectivity index (χ3v) is 3.38. The minimum atomic E-state index is 0.0287. The molecule has 2 rings (SSSR count). The second-order valence-corrected chi connectivity index (χ2v) is 4.71. The summed E-state index contributed by atoms with van der Waals surface area (Å²) in [5.74, 6) is 0.471. The first-order valence-electron chi connectivity index (χ1n) is 6.33. The summed E-state index contributed by atoms with van der Waals surface area (Å²) in [4.78, 5) is 4.49. The van der Waals surface area contributed by atoms with Crippen molar-refractivity contribution in [3.63, 3.8) is 0 Å². The Bertz CT molecular complexity index is 488. The van der Waals surface area contributed by atoms with Crippen molar-refractivity contribution >= 4 is 10.8 Å². The number of hydrogen-bond donors (Lipinski definition) is 1. The van der Waals surface area contributed by atoms with E-state index in [9.17, 15) is 0 Å². The van der Waals surface area contributed by atoms with Gasteiger partial charge in [-0.05, 0) is 23.8 Å². The molecule has 1 aromatic carbocycles. The normalized spacial score (nSPS) is 14.8. The van der Waals surface area contributed by atoms with Crippen molar-refractivity contribution in [2.45, 2.75) is 32.7 Å². The highest BCUT2D eigenvalue weighted by atomic mass is 14.8. The van der Waals surface area contributed by atoms with Gasteiger partial charge in [0, 0.05) is 11.6 Å². The van der Waals surface area contributed by atoms with Gasteiger partial charge in [0.2, 0.25) is 0 Å². The number of fused-ring (bicyclic) bond motifs is 1. The standard InChI is InChI=1S/C15H20N2/c1-3-6-11(2)14(16)15-13-8-5-4-7-12(13)9-10-17-15/h4-5,7-11,14H,3,6,16H2,1-2H3. The monoisotopic (exact) mass is 228 g/mol. The highest BCUT2D eigenvalue weighted by Crippen LogP contribution is 2.27. The lowest BCUT2D eigenvalue weighted by molar-refractivity contribution is 0.429. The molecule has 1 aromatic heterocycles. The predicted octanol–water partition coefficient (Wildman–Crippen LogP) is 3.67. The van der Waals surface area contributed by atoms with Gasteiger partial charge in [-0.2, -0.15) is 0 Å². The van der Waals surface area contributed by atoms with Gasteiger partial charge in [0.05, 0.1) is 11.7 Å². The summed E-state index contributed by atoms with van der Waals surface area (Å²) in [6, 6.07) is 10.4. The summed E-state index contributed by atoms with van der Waals surface area (Å²) in [6.45, 7) is 4.40. The largest absolute Gasteiger partial charge is 0.322 e. The summed E-state index contributed by atoms with van der Waals surface area (Å²) in [7, 11) is 0. The van der Waals surface area contributed by atoms with Gasteiger partial charge in [0.25, 0.3) is 0 Å². The second-order valence-electron chi connectivity index (χ2n) is 4.71. The van der Waals surface area contributed by atoms with Crippen LogP contribution in [0.1, 0.15) is 38.4 Å². The van der Waals surface area contributed by atoms with E-state index in [4.69, 9.17) is 5.73 Å². The molecular formula is C15H20N2. The van der Waals surface area contributed by atoms with Crippen molar-refractivity contribution in [1.29, 1.82) is 0 Å². The predicted molar refractivity (Wildman–Crippen MR) is 72.7 cm³/mol. The van der Waals surface area contributed by atoms with Gasteiger partial charge in [0.15, 0.2) is 0 Å². The van der Waals surface area contributed by atoms with Gasteiger partial charge in [-0.3, -0.25) is 4.98 Å². The van der Waals surface area contributed by atoms with Crippen LogP contribution in [0.3, 0.4) is 0 Å². The number of pyridine rings is 1. The molecular weight excluding hydrogens is 208 g/mol. The number of benzene rings is 1. The lowest BCUT2D eigenvalue weighted by atomic mass is 9.92. The fraction of sp³-hybridized carbons (Fsp3) is 0.400. The Morgan fingerprint density at radius 3 is 2.76 bits per heavy atom. The Morgan fingerprint density at radius 1 is 1.24 bits per heavy atom. The average Bonchev–Trinajstić information content (AvgIpc) is 2.37. The third kappa shape index (κ3) is 2.47. The molecule has 2 heteroatoms. The van der Waals surface area contributed by atoms with Gasteiger partial charge in [-0.25, -0.2) is 0 Å². The summed E-state index contributed by atoms with van der Waals surface area (Å²) in [5, 5.41) is 2.40. The second kappa shape index (κ2) is 5.28. The molecule has 0 amide bonds. The molecule has 0 aliphatic heterocycles. The fourth-order valence-corrected chi connectivity index (χ4v) is 2.31. The SMILES string of the molecule is CCCC(C)C(N)c1nccc2ccccc12. The van der Waals surface area contributed by atoms with Gasteiger partial charge < -0.3 is 5.73 Å². The molecule has 90 valence electrons. The molecule has 0 saturated carbocycles. The number of aromatic nitrogens is 1. The van der Waals surface area contributed by atoms with Crippen LogP contribution in [0.5, 0.6) is 0 Å². The minimum absolute atomic E-state index is 0.0287. The zero-order valence-corrected chi connectivity index (χ0v) is 10.6. The first-order valence-corrected chi connectivity index (χ1v) is 6.33. The molecule has 0 bridgehead atoms. The van der Waals surface area contributed by atoms with Crippen LogP contribution < -0.4 is 5.73 Å². The minimum Gasteiger partial charge on any atom is -0.322 e. The van der Waals surface area contributed by atoms with Crippen molar-refractivity contribution in [1.82, 2.24) is 4.98 Å². The summed E-state index contributed by atoms with van der Waals surface area (Å²) >= 11 is 0. The van der Waals surface area contributed by atoms with Crippen LogP contribution in [-0.2, 0) is 0 Å². The van der Waals surface area contributed by atoms with Crippen LogP contribution in [0.4, 0.5) is 0 Å². The first-order chi connectivity index (χ1) is 8.24. The topological polar surface area (TPSA) is 38.9 Å². The zero-order valence-electron chi connectivity index (χ0n) is 10.6. The zero-order chi connectivity index (χ0) is 12.3. The molecule has 0 radical (unpaired) electrons. The van der Waals surface area contributed by atoms with Crippen molar-refractivity contribution in [2.24, 2.45) is 11.7 Å². The number of hydrogen-bond acceptors (Lipinski definition) is 2. The Labute approximate surface area is 103 Å². The van der Waals surface area contributed by atoms with Crippen molar-refractivity contribution in [3.05, 3.63) is 42.2 Å². The van der Waals surface area contributed by atoms with Crippen LogP contribution in [0, 0.1) is 5.92 Å². The van der Waals surface area contributed by atoms with Gasteiger partial charge in [0.1, 0.15) is 0 Å². The molecule has 2 nitrogen and oxygen atoms in total. The number of nitrogens with two attached hydrogens (primary N) is 1. The molecule has 2 aromatic rings. The maximum Gasteiger partial charge on any atom is 0.0651 e. The molecule has 1 heterocycles. The average molecular weight is 228 g/mol. The van der Waals surface area contributed by atoms with E-state index in [-0.39, 0.29) is 6.04 Å². The van der Waals surface area contributed by atoms with Gasteiger partial charge in [-0.15, -0.1) is 0 Å². The lowest BCUT2D eigenvalue weighted by Gasteiger charge is -2.20. The van der Waals surface area contributed by atoms with E-state index in [1.54, 1.807) is 0 Å². The van der Waals surface area contributed by atoms with Gasteiger partial charge in [-0.1, -0.05) is 44.5 Å². The molecule has 2 atom stereocenters. The van der Waals surface area contributed by atoms with Crippen LogP contribution in [0.2, 0.25) is 0 Å². The van der Waals surface area contributed by atoms with E-state index < -0.39 is 0 Å². The van der Waals surface area contributed by atoms with Crippen molar-refractivity contribution < 1.29 is 0 Å². The van der Waals surface area contributed by atoms with Crippen LogP contribution >= 0.6 is 0 Å².